The minimum Gasteiger partial charge on any atom is -0.481 e. The summed E-state index contributed by atoms with van der Waals surface area (Å²) in [7, 11) is 0. The largest absolute Gasteiger partial charge is 0.481 e. The van der Waals surface area contributed by atoms with Crippen LogP contribution in [-0.4, -0.2) is 44.6 Å². The highest BCUT2D eigenvalue weighted by Crippen LogP contribution is 2.62. The lowest BCUT2D eigenvalue weighted by molar-refractivity contribution is -0.278. The molecule has 1 saturated heterocycles. The monoisotopic (exact) mass is 368 g/mol. The highest BCUT2D eigenvalue weighted by molar-refractivity contribution is 5.75. The van der Waals surface area contributed by atoms with Gasteiger partial charge in [-0.3, -0.25) is 9.59 Å². The lowest BCUT2D eigenvalue weighted by atomic mass is 9.47. The number of hydrogen-bond acceptors (Lipinski definition) is 4. The Balaban J connectivity index is 2.58. The Morgan fingerprint density at radius 3 is 2.31 bits per heavy atom. The van der Waals surface area contributed by atoms with Crippen LogP contribution in [0.5, 0.6) is 0 Å². The van der Waals surface area contributed by atoms with Crippen molar-refractivity contribution >= 4 is 11.9 Å². The third-order valence-electron chi connectivity index (χ3n) is 6.95. The summed E-state index contributed by atoms with van der Waals surface area (Å²) in [6.07, 6.45) is 2.07. The van der Waals surface area contributed by atoms with Gasteiger partial charge in [0.25, 0.3) is 0 Å². The Morgan fingerprint density at radius 2 is 1.85 bits per heavy atom. The van der Waals surface area contributed by atoms with Crippen molar-refractivity contribution in [2.24, 2.45) is 22.7 Å². The quantitative estimate of drug-likeness (QED) is 0.644. The van der Waals surface area contributed by atoms with Gasteiger partial charge in [0, 0.05) is 12.3 Å². The molecule has 0 spiro atoms. The van der Waals surface area contributed by atoms with Crippen LogP contribution in [0.1, 0.15) is 60.3 Å². The van der Waals surface area contributed by atoms with Gasteiger partial charge in [-0.05, 0) is 51.9 Å². The van der Waals surface area contributed by atoms with Crippen molar-refractivity contribution in [3.8, 4) is 0 Å². The first kappa shape index (κ1) is 20.9. The highest BCUT2D eigenvalue weighted by Gasteiger charge is 2.64. The summed E-state index contributed by atoms with van der Waals surface area (Å²) in [5.74, 6) is -2.82. The van der Waals surface area contributed by atoms with Gasteiger partial charge in [-0.1, -0.05) is 13.0 Å². The predicted octanol–water partition coefficient (Wildman–Crippen LogP) is 3.09. The third-order valence-corrected chi connectivity index (χ3v) is 6.95. The summed E-state index contributed by atoms with van der Waals surface area (Å²) < 4.78 is 6.37. The number of aliphatic carboxylic acids is 2. The van der Waals surface area contributed by atoms with E-state index in [9.17, 15) is 24.9 Å². The Morgan fingerprint density at radius 1 is 1.27 bits per heavy atom. The number of rotatable bonds is 5. The van der Waals surface area contributed by atoms with Crippen molar-refractivity contribution in [2.75, 3.05) is 0 Å². The Kier molecular flexibility index (Phi) is 5.10. The first-order valence-electron chi connectivity index (χ1n) is 9.19. The molecule has 1 aliphatic heterocycles. The van der Waals surface area contributed by atoms with E-state index in [4.69, 9.17) is 4.74 Å². The molecule has 0 unspecified atom stereocenters. The summed E-state index contributed by atoms with van der Waals surface area (Å²) in [6, 6.07) is 0. The number of carboxylic acids is 2. The minimum atomic E-state index is -1.11. The summed E-state index contributed by atoms with van der Waals surface area (Å²) in [5, 5.41) is 30.4. The van der Waals surface area contributed by atoms with Crippen LogP contribution in [0.3, 0.4) is 0 Å². The van der Waals surface area contributed by atoms with Gasteiger partial charge >= 0.3 is 11.9 Å². The van der Waals surface area contributed by atoms with E-state index in [-0.39, 0.29) is 6.42 Å². The van der Waals surface area contributed by atoms with Crippen molar-refractivity contribution in [1.82, 2.24) is 0 Å². The Hall–Kier alpha value is -1.40. The number of hydrogen-bond donors (Lipinski definition) is 3. The Bertz CT molecular complexity index is 613. The van der Waals surface area contributed by atoms with E-state index in [1.54, 1.807) is 19.9 Å². The molecule has 6 nitrogen and oxygen atoms in total. The van der Waals surface area contributed by atoms with Crippen LogP contribution in [-0.2, 0) is 14.3 Å². The standard InChI is InChI=1S/C20H32O6/c1-7-18(4)10-12(21)15-19(5,11-14(22)23)13(17(2,3)16(24)25)8-9-20(15,6)26-18/h7,12-13,15,21H,1,8-11H2,2-6H3,(H,22,23)(H,24,25)/t12-,13+,15-,18-,19+,20-/m0/s1. The SMILES string of the molecule is C=C[C@@]1(C)C[C@H](O)[C@H]2[C@](C)(CC(=O)O)[C@@H](C(C)(C)C(=O)O)CC[C@]2(C)O1. The molecular weight excluding hydrogens is 336 g/mol. The number of fused-ring (bicyclic) bond motifs is 1. The second-order valence-electron chi connectivity index (χ2n) is 9.38. The van der Waals surface area contributed by atoms with Gasteiger partial charge in [-0.25, -0.2) is 0 Å². The molecular formula is C20H32O6. The van der Waals surface area contributed by atoms with Crippen molar-refractivity contribution < 1.29 is 29.6 Å². The maximum Gasteiger partial charge on any atom is 0.309 e. The predicted molar refractivity (Wildman–Crippen MR) is 96.7 cm³/mol. The van der Waals surface area contributed by atoms with Crippen molar-refractivity contribution in [1.29, 1.82) is 0 Å². The van der Waals surface area contributed by atoms with Crippen LogP contribution >= 0.6 is 0 Å². The maximum atomic E-state index is 11.9. The zero-order chi connectivity index (χ0) is 20.1. The average molecular weight is 368 g/mol. The van der Waals surface area contributed by atoms with Crippen molar-refractivity contribution in [3.63, 3.8) is 0 Å². The normalized spacial score (nSPS) is 43.4. The van der Waals surface area contributed by atoms with Crippen LogP contribution in [0.25, 0.3) is 0 Å². The van der Waals surface area contributed by atoms with Crippen LogP contribution in [0.15, 0.2) is 12.7 Å². The summed E-state index contributed by atoms with van der Waals surface area (Å²) in [6.45, 7) is 12.7. The molecule has 2 fully saturated rings. The molecule has 0 aromatic rings. The van der Waals surface area contributed by atoms with E-state index in [0.29, 0.717) is 19.3 Å². The summed E-state index contributed by atoms with van der Waals surface area (Å²) >= 11 is 0. The number of carbonyl (C=O) groups is 2. The minimum absolute atomic E-state index is 0.208. The number of ether oxygens (including phenoxy) is 1. The van der Waals surface area contributed by atoms with Gasteiger partial charge in [0.2, 0.25) is 0 Å². The topological polar surface area (TPSA) is 104 Å². The summed E-state index contributed by atoms with van der Waals surface area (Å²) in [5.41, 5.74) is -3.45. The van der Waals surface area contributed by atoms with E-state index in [1.807, 2.05) is 20.8 Å². The van der Waals surface area contributed by atoms with Gasteiger partial charge in [-0.2, -0.15) is 0 Å². The molecule has 26 heavy (non-hydrogen) atoms. The van der Waals surface area contributed by atoms with Crippen LogP contribution in [0.2, 0.25) is 0 Å². The Labute approximate surface area is 155 Å². The van der Waals surface area contributed by atoms with Gasteiger partial charge in [0.05, 0.1) is 29.1 Å². The third kappa shape index (κ3) is 3.18. The van der Waals surface area contributed by atoms with Gasteiger partial charge in [0.1, 0.15) is 0 Å². The zero-order valence-electron chi connectivity index (χ0n) is 16.4. The number of carboxylic acid groups (broad SMARTS) is 2. The summed E-state index contributed by atoms with van der Waals surface area (Å²) in [4.78, 5) is 23.6. The van der Waals surface area contributed by atoms with Gasteiger partial charge < -0.3 is 20.1 Å². The molecule has 6 atom stereocenters. The van der Waals surface area contributed by atoms with Crippen LogP contribution in [0, 0.1) is 22.7 Å². The van der Waals surface area contributed by atoms with E-state index < -0.39 is 51.9 Å². The first-order valence-corrected chi connectivity index (χ1v) is 9.19. The molecule has 0 aromatic carbocycles. The second-order valence-corrected chi connectivity index (χ2v) is 9.38. The fourth-order valence-electron chi connectivity index (χ4n) is 5.92. The van der Waals surface area contributed by atoms with E-state index in [1.165, 1.54) is 0 Å². The molecule has 2 aliphatic rings. The molecule has 6 heteroatoms. The maximum absolute atomic E-state index is 11.9. The van der Waals surface area contributed by atoms with Crippen molar-refractivity contribution in [2.45, 2.75) is 77.6 Å². The molecule has 0 aromatic heterocycles. The molecule has 0 bridgehead atoms. The molecule has 148 valence electrons. The fourth-order valence-corrected chi connectivity index (χ4v) is 5.92. The molecule has 0 radical (unpaired) electrons. The van der Waals surface area contributed by atoms with E-state index >= 15 is 0 Å². The molecule has 3 N–H and O–H groups in total. The smallest absolute Gasteiger partial charge is 0.309 e. The lowest BCUT2D eigenvalue weighted by Crippen LogP contribution is -2.67. The molecule has 2 rings (SSSR count). The second kappa shape index (κ2) is 6.34. The highest BCUT2D eigenvalue weighted by atomic mass is 16.5. The van der Waals surface area contributed by atoms with E-state index in [0.717, 1.165) is 0 Å². The van der Waals surface area contributed by atoms with Crippen LogP contribution in [0.4, 0.5) is 0 Å². The van der Waals surface area contributed by atoms with Gasteiger partial charge in [0.15, 0.2) is 0 Å². The molecule has 1 heterocycles. The zero-order valence-corrected chi connectivity index (χ0v) is 16.4. The lowest BCUT2D eigenvalue weighted by Gasteiger charge is -2.63. The number of aliphatic hydroxyl groups is 1. The van der Waals surface area contributed by atoms with E-state index in [2.05, 4.69) is 6.58 Å². The van der Waals surface area contributed by atoms with Crippen molar-refractivity contribution in [3.05, 3.63) is 12.7 Å². The molecule has 1 aliphatic carbocycles. The molecule has 1 saturated carbocycles. The van der Waals surface area contributed by atoms with Gasteiger partial charge in [-0.15, -0.1) is 6.58 Å². The van der Waals surface area contributed by atoms with Crippen LogP contribution < -0.4 is 0 Å². The fraction of sp³-hybridized carbons (Fsp3) is 0.800. The number of aliphatic hydroxyl groups excluding tert-OH is 1. The first-order chi connectivity index (χ1) is 11.7. The molecule has 0 amide bonds. The average Bonchev–Trinajstić information content (AvgIpc) is 2.43.